The first kappa shape index (κ1) is 28.9. The van der Waals surface area contributed by atoms with Crippen LogP contribution in [0.4, 0.5) is 4.79 Å². The number of allylic oxidation sites excluding steroid dienone is 1. The van der Waals surface area contributed by atoms with Crippen LogP contribution in [0.15, 0.2) is 30.9 Å². The molecule has 0 heterocycles. The second-order valence-electron chi connectivity index (χ2n) is 8.84. The second kappa shape index (κ2) is 16.4. The van der Waals surface area contributed by atoms with Crippen LogP contribution >= 0.6 is 0 Å². The fourth-order valence-corrected chi connectivity index (χ4v) is 21.8. The number of hydrogen-bond donors (Lipinski definition) is 0. The van der Waals surface area contributed by atoms with Gasteiger partial charge in [0.25, 0.3) is 0 Å². The first-order valence-electron chi connectivity index (χ1n) is 12.5. The number of rotatable bonds is 17. The van der Waals surface area contributed by atoms with Gasteiger partial charge in [0.05, 0.1) is 0 Å². The van der Waals surface area contributed by atoms with Gasteiger partial charge < -0.3 is 0 Å². The quantitative estimate of drug-likeness (QED) is 0.0841. The standard InChI is InChI=1S/C15H19O4.3C4H9.Sn/c1-4-5-6-8-12-9-7-10-14(17-2)13(12)11-19-15(16)18-3;3*1-3-4-2;/h4,7,9-11H,1,5-6,8H2,2-3H3;3*1,3-4H2,2H3;. The molecule has 0 aliphatic rings. The van der Waals surface area contributed by atoms with Gasteiger partial charge in [-0.1, -0.05) is 0 Å². The number of carbonyl (C=O) groups is 1. The molecule has 0 aromatic heterocycles. The molecule has 182 valence electrons. The van der Waals surface area contributed by atoms with Crippen LogP contribution in [0.3, 0.4) is 0 Å². The van der Waals surface area contributed by atoms with Crippen molar-refractivity contribution < 1.29 is 19.0 Å². The van der Waals surface area contributed by atoms with Crippen LogP contribution in [0.2, 0.25) is 13.3 Å². The summed E-state index contributed by atoms with van der Waals surface area (Å²) in [5.74, 6) is 0.848. The molecule has 0 amide bonds. The third kappa shape index (κ3) is 8.64. The van der Waals surface area contributed by atoms with Crippen LogP contribution in [-0.4, -0.2) is 38.8 Å². The summed E-state index contributed by atoms with van der Waals surface area (Å²) in [5, 5.41) is 0. The van der Waals surface area contributed by atoms with E-state index in [4.69, 9.17) is 14.2 Å². The number of aryl methyl sites for hydroxylation is 1. The predicted octanol–water partition coefficient (Wildman–Crippen LogP) is 8.42. The molecular formula is C27H46O4Sn. The van der Waals surface area contributed by atoms with Crippen molar-refractivity contribution in [2.75, 3.05) is 14.2 Å². The molecule has 0 fully saturated rings. The van der Waals surface area contributed by atoms with E-state index in [0.29, 0.717) is 0 Å². The van der Waals surface area contributed by atoms with Gasteiger partial charge in [-0.25, -0.2) is 0 Å². The van der Waals surface area contributed by atoms with Crippen LogP contribution in [-0.2, 0) is 15.9 Å². The Morgan fingerprint density at radius 2 is 1.59 bits per heavy atom. The van der Waals surface area contributed by atoms with Gasteiger partial charge in [0.2, 0.25) is 0 Å². The third-order valence-corrected chi connectivity index (χ3v) is 22.4. The van der Waals surface area contributed by atoms with E-state index < -0.39 is 24.5 Å². The fourth-order valence-electron chi connectivity index (χ4n) is 4.71. The zero-order chi connectivity index (χ0) is 23.8. The van der Waals surface area contributed by atoms with Gasteiger partial charge in [-0.3, -0.25) is 0 Å². The van der Waals surface area contributed by atoms with Gasteiger partial charge in [0.15, 0.2) is 0 Å². The van der Waals surface area contributed by atoms with E-state index in [1.54, 1.807) is 7.11 Å². The molecule has 1 aromatic rings. The average molecular weight is 553 g/mol. The van der Waals surface area contributed by atoms with E-state index >= 15 is 0 Å². The van der Waals surface area contributed by atoms with Crippen molar-refractivity contribution in [2.24, 2.45) is 0 Å². The maximum atomic E-state index is 12.6. The van der Waals surface area contributed by atoms with E-state index in [1.165, 1.54) is 64.5 Å². The SMILES string of the molecule is C=CCCCc1cccc(OC)c1[CH](OC(=O)OC)[Sn]([CH2]CCC)([CH2]CCC)[CH2]CCC. The zero-order valence-electron chi connectivity index (χ0n) is 21.2. The van der Waals surface area contributed by atoms with Crippen molar-refractivity contribution in [3.05, 3.63) is 42.0 Å². The molecule has 0 radical (unpaired) electrons. The first-order chi connectivity index (χ1) is 15.5. The molecular weight excluding hydrogens is 507 g/mol. The molecule has 0 saturated heterocycles. The number of ether oxygens (including phenoxy) is 3. The van der Waals surface area contributed by atoms with E-state index in [1.807, 2.05) is 12.1 Å². The number of benzene rings is 1. The van der Waals surface area contributed by atoms with E-state index in [-0.39, 0.29) is 4.12 Å². The topological polar surface area (TPSA) is 44.8 Å². The Bertz CT molecular complexity index is 652. The molecule has 0 saturated carbocycles. The molecule has 0 spiro atoms. The summed E-state index contributed by atoms with van der Waals surface area (Å²) < 4.78 is 20.7. The Morgan fingerprint density at radius 1 is 1.00 bits per heavy atom. The second-order valence-corrected chi connectivity index (χ2v) is 22.4. The van der Waals surface area contributed by atoms with Gasteiger partial charge in [-0.05, 0) is 0 Å². The molecule has 0 N–H and O–H groups in total. The van der Waals surface area contributed by atoms with E-state index in [9.17, 15) is 4.79 Å². The van der Waals surface area contributed by atoms with Crippen molar-refractivity contribution in [3.8, 4) is 5.75 Å². The van der Waals surface area contributed by atoms with Crippen molar-refractivity contribution in [3.63, 3.8) is 0 Å². The van der Waals surface area contributed by atoms with Gasteiger partial charge >= 0.3 is 201 Å². The van der Waals surface area contributed by atoms with Crippen molar-refractivity contribution in [2.45, 2.75) is 96.0 Å². The Kier molecular flexibility index (Phi) is 14.8. The molecule has 0 aliphatic carbocycles. The van der Waals surface area contributed by atoms with Crippen LogP contribution in [0.25, 0.3) is 0 Å². The molecule has 1 atom stereocenters. The van der Waals surface area contributed by atoms with E-state index in [2.05, 4.69) is 39.5 Å². The van der Waals surface area contributed by atoms with Gasteiger partial charge in [-0.2, -0.15) is 0 Å². The number of methoxy groups -OCH3 is 2. The van der Waals surface area contributed by atoms with Gasteiger partial charge in [-0.15, -0.1) is 0 Å². The summed E-state index contributed by atoms with van der Waals surface area (Å²) in [6, 6.07) is 6.27. The summed E-state index contributed by atoms with van der Waals surface area (Å²) in [4.78, 5) is 12.6. The van der Waals surface area contributed by atoms with Crippen LogP contribution in [0, 0.1) is 0 Å². The monoisotopic (exact) mass is 554 g/mol. The molecule has 1 rings (SSSR count). The normalized spacial score (nSPS) is 12.3. The molecule has 4 nitrogen and oxygen atoms in total. The summed E-state index contributed by atoms with van der Waals surface area (Å²) >= 11 is -3.04. The molecule has 1 aromatic carbocycles. The summed E-state index contributed by atoms with van der Waals surface area (Å²) in [6.45, 7) is 10.7. The Morgan fingerprint density at radius 3 is 2.06 bits per heavy atom. The predicted molar refractivity (Wildman–Crippen MR) is 137 cm³/mol. The number of unbranched alkanes of at least 4 members (excludes halogenated alkanes) is 4. The summed E-state index contributed by atoms with van der Waals surface area (Å²) in [5.41, 5.74) is 2.36. The molecule has 32 heavy (non-hydrogen) atoms. The van der Waals surface area contributed by atoms with Crippen LogP contribution in [0.1, 0.15) is 87.4 Å². The van der Waals surface area contributed by atoms with Crippen molar-refractivity contribution in [1.29, 1.82) is 0 Å². The molecule has 0 aliphatic heterocycles. The van der Waals surface area contributed by atoms with Gasteiger partial charge in [0.1, 0.15) is 0 Å². The number of hydrogen-bond acceptors (Lipinski definition) is 4. The van der Waals surface area contributed by atoms with E-state index in [0.717, 1.165) is 30.6 Å². The fraction of sp³-hybridized carbons (Fsp3) is 0.667. The molecule has 0 bridgehead atoms. The van der Waals surface area contributed by atoms with Crippen LogP contribution in [0.5, 0.6) is 5.75 Å². The maximum absolute atomic E-state index is 12.6. The minimum absolute atomic E-state index is 0.184. The summed E-state index contributed by atoms with van der Waals surface area (Å²) in [7, 11) is 3.14. The average Bonchev–Trinajstić information content (AvgIpc) is 2.82. The third-order valence-electron chi connectivity index (χ3n) is 6.51. The molecule has 5 heteroatoms. The Balaban J connectivity index is 3.68. The first-order valence-corrected chi connectivity index (χ1v) is 20.2. The van der Waals surface area contributed by atoms with Crippen molar-refractivity contribution in [1.82, 2.24) is 0 Å². The summed E-state index contributed by atoms with van der Waals surface area (Å²) in [6.07, 6.45) is 11.4. The molecule has 1 unspecified atom stereocenters. The minimum atomic E-state index is -3.04. The Labute approximate surface area is 201 Å². The Hall–Kier alpha value is -1.17. The van der Waals surface area contributed by atoms with Crippen LogP contribution < -0.4 is 4.74 Å². The zero-order valence-corrected chi connectivity index (χ0v) is 24.1. The van der Waals surface area contributed by atoms with Gasteiger partial charge in [0, 0.05) is 0 Å². The number of carbonyl (C=O) groups excluding carboxylic acids is 1. The van der Waals surface area contributed by atoms with Crippen molar-refractivity contribution >= 4 is 24.5 Å².